The van der Waals surface area contributed by atoms with Crippen LogP contribution in [0, 0.1) is 0 Å². The van der Waals surface area contributed by atoms with E-state index in [2.05, 4.69) is 5.43 Å². The lowest BCUT2D eigenvalue weighted by molar-refractivity contribution is 0.0953. The summed E-state index contributed by atoms with van der Waals surface area (Å²) in [5.74, 6) is 6.51. The van der Waals surface area contributed by atoms with E-state index in [4.69, 9.17) is 10.6 Å². The number of nitrogen functional groups attached to an aromatic ring is 1. The van der Waals surface area contributed by atoms with Crippen LogP contribution >= 0.6 is 11.8 Å². The topological polar surface area (TPSA) is 64.3 Å². The molecular formula is C15H16N2O2S. The van der Waals surface area contributed by atoms with Crippen LogP contribution in [0.5, 0.6) is 5.75 Å². The number of benzene rings is 2. The first-order chi connectivity index (χ1) is 9.72. The second-order valence-electron chi connectivity index (χ2n) is 4.13. The van der Waals surface area contributed by atoms with Crippen molar-refractivity contribution < 1.29 is 9.53 Å². The van der Waals surface area contributed by atoms with Gasteiger partial charge in [-0.3, -0.25) is 10.2 Å². The van der Waals surface area contributed by atoms with Gasteiger partial charge in [0.05, 0.1) is 7.11 Å². The maximum atomic E-state index is 11.3. The number of carbonyl (C=O) groups is 1. The number of amides is 1. The quantitative estimate of drug-likeness (QED) is 0.384. The highest BCUT2D eigenvalue weighted by molar-refractivity contribution is 7.98. The standard InChI is InChI=1S/C15H16N2O2S/c1-19-13-6-8-14(9-7-13)20-10-11-2-4-12(5-3-11)15(18)17-16/h2-9H,10,16H2,1H3,(H,17,18). The minimum absolute atomic E-state index is 0.278. The molecule has 4 nitrogen and oxygen atoms in total. The summed E-state index contributed by atoms with van der Waals surface area (Å²) in [6, 6.07) is 15.3. The van der Waals surface area contributed by atoms with Crippen LogP contribution in [-0.2, 0) is 5.75 Å². The molecule has 0 bridgehead atoms. The zero-order valence-corrected chi connectivity index (χ0v) is 11.9. The molecule has 0 radical (unpaired) electrons. The molecule has 0 spiro atoms. The number of nitrogens with two attached hydrogens (primary N) is 1. The van der Waals surface area contributed by atoms with E-state index in [0.717, 1.165) is 17.1 Å². The Morgan fingerprint density at radius 1 is 1.15 bits per heavy atom. The van der Waals surface area contributed by atoms with Gasteiger partial charge in [0.25, 0.3) is 5.91 Å². The van der Waals surface area contributed by atoms with Gasteiger partial charge in [-0.25, -0.2) is 5.84 Å². The summed E-state index contributed by atoms with van der Waals surface area (Å²) >= 11 is 1.73. The summed E-state index contributed by atoms with van der Waals surface area (Å²) in [6.45, 7) is 0. The molecular weight excluding hydrogens is 272 g/mol. The van der Waals surface area contributed by atoms with Crippen molar-refractivity contribution in [1.29, 1.82) is 0 Å². The van der Waals surface area contributed by atoms with Gasteiger partial charge >= 0.3 is 0 Å². The van der Waals surface area contributed by atoms with Gasteiger partial charge in [-0.1, -0.05) is 12.1 Å². The van der Waals surface area contributed by atoms with E-state index in [1.165, 1.54) is 4.90 Å². The van der Waals surface area contributed by atoms with Crippen LogP contribution in [0.25, 0.3) is 0 Å². The van der Waals surface area contributed by atoms with Crippen molar-refractivity contribution in [3.63, 3.8) is 0 Å². The number of hydrogen-bond acceptors (Lipinski definition) is 4. The molecule has 5 heteroatoms. The Bertz CT molecular complexity index is 567. The summed E-state index contributed by atoms with van der Waals surface area (Å²) in [7, 11) is 1.65. The molecule has 0 atom stereocenters. The minimum atomic E-state index is -0.278. The van der Waals surface area contributed by atoms with Gasteiger partial charge in [-0.15, -0.1) is 11.8 Å². The third-order valence-corrected chi connectivity index (χ3v) is 3.90. The van der Waals surface area contributed by atoms with Crippen molar-refractivity contribution in [3.05, 3.63) is 59.7 Å². The fourth-order valence-electron chi connectivity index (χ4n) is 1.67. The third kappa shape index (κ3) is 3.76. The molecule has 2 aromatic carbocycles. The second kappa shape index (κ2) is 6.98. The zero-order valence-electron chi connectivity index (χ0n) is 11.1. The average Bonchev–Trinajstić information content (AvgIpc) is 2.53. The van der Waals surface area contributed by atoms with Gasteiger partial charge in [0.15, 0.2) is 0 Å². The predicted molar refractivity (Wildman–Crippen MR) is 80.7 cm³/mol. The highest BCUT2D eigenvalue weighted by Gasteiger charge is 2.03. The first kappa shape index (κ1) is 14.4. The highest BCUT2D eigenvalue weighted by Crippen LogP contribution is 2.24. The van der Waals surface area contributed by atoms with Gasteiger partial charge in [-0.2, -0.15) is 0 Å². The molecule has 0 aromatic heterocycles. The minimum Gasteiger partial charge on any atom is -0.497 e. The number of ether oxygens (including phenoxy) is 1. The maximum absolute atomic E-state index is 11.3. The van der Waals surface area contributed by atoms with E-state index < -0.39 is 0 Å². The summed E-state index contributed by atoms with van der Waals surface area (Å²) < 4.78 is 5.12. The van der Waals surface area contributed by atoms with Crippen molar-refractivity contribution in [2.75, 3.05) is 7.11 Å². The molecule has 2 rings (SSSR count). The van der Waals surface area contributed by atoms with E-state index in [1.807, 2.05) is 36.4 Å². The zero-order chi connectivity index (χ0) is 14.4. The number of methoxy groups -OCH3 is 1. The Hall–Kier alpha value is -1.98. The van der Waals surface area contributed by atoms with Gasteiger partial charge in [0.1, 0.15) is 5.75 Å². The number of nitrogens with one attached hydrogen (secondary N) is 1. The van der Waals surface area contributed by atoms with Crippen LogP contribution in [0.1, 0.15) is 15.9 Å². The number of hydrazine groups is 1. The largest absolute Gasteiger partial charge is 0.497 e. The number of carbonyl (C=O) groups excluding carboxylic acids is 1. The van der Waals surface area contributed by atoms with Crippen LogP contribution in [0.3, 0.4) is 0 Å². The molecule has 0 aliphatic rings. The van der Waals surface area contributed by atoms with Crippen LogP contribution in [0.2, 0.25) is 0 Å². The highest BCUT2D eigenvalue weighted by atomic mass is 32.2. The van der Waals surface area contributed by atoms with Crippen LogP contribution in [-0.4, -0.2) is 13.0 Å². The monoisotopic (exact) mass is 288 g/mol. The lowest BCUT2D eigenvalue weighted by Gasteiger charge is -2.05. The molecule has 0 saturated heterocycles. The first-order valence-corrected chi connectivity index (χ1v) is 7.08. The predicted octanol–water partition coefficient (Wildman–Crippen LogP) is 2.59. The smallest absolute Gasteiger partial charge is 0.265 e. The third-order valence-electron chi connectivity index (χ3n) is 2.81. The molecule has 0 fully saturated rings. The maximum Gasteiger partial charge on any atom is 0.265 e. The number of rotatable bonds is 5. The fourth-order valence-corrected chi connectivity index (χ4v) is 2.53. The summed E-state index contributed by atoms with van der Waals surface area (Å²) in [5, 5.41) is 0. The normalized spacial score (nSPS) is 10.1. The number of thioether (sulfide) groups is 1. The van der Waals surface area contributed by atoms with Crippen LogP contribution < -0.4 is 16.0 Å². The summed E-state index contributed by atoms with van der Waals surface area (Å²) in [6.07, 6.45) is 0. The molecule has 1 amide bonds. The lowest BCUT2D eigenvalue weighted by atomic mass is 10.1. The Morgan fingerprint density at radius 3 is 2.35 bits per heavy atom. The molecule has 0 saturated carbocycles. The van der Waals surface area contributed by atoms with Gasteiger partial charge in [-0.05, 0) is 42.0 Å². The Kier molecular flexibility index (Phi) is 5.03. The lowest BCUT2D eigenvalue weighted by Crippen LogP contribution is -2.29. The summed E-state index contributed by atoms with van der Waals surface area (Å²) in [5.41, 5.74) is 3.83. The van der Waals surface area contributed by atoms with Crippen molar-refractivity contribution in [2.45, 2.75) is 10.6 Å². The SMILES string of the molecule is COc1ccc(SCc2ccc(C(=O)NN)cc2)cc1. The van der Waals surface area contributed by atoms with E-state index in [9.17, 15) is 4.79 Å². The Morgan fingerprint density at radius 2 is 1.80 bits per heavy atom. The molecule has 20 heavy (non-hydrogen) atoms. The first-order valence-electron chi connectivity index (χ1n) is 6.09. The second-order valence-corrected chi connectivity index (χ2v) is 5.18. The van der Waals surface area contributed by atoms with Crippen molar-refractivity contribution >= 4 is 17.7 Å². The van der Waals surface area contributed by atoms with E-state index in [1.54, 1.807) is 31.0 Å². The van der Waals surface area contributed by atoms with Crippen LogP contribution in [0.4, 0.5) is 0 Å². The van der Waals surface area contributed by atoms with Crippen LogP contribution in [0.15, 0.2) is 53.4 Å². The Balaban J connectivity index is 1.94. The average molecular weight is 288 g/mol. The number of hydrogen-bond donors (Lipinski definition) is 2. The molecule has 104 valence electrons. The van der Waals surface area contributed by atoms with E-state index >= 15 is 0 Å². The van der Waals surface area contributed by atoms with Gasteiger partial charge < -0.3 is 4.74 Å². The van der Waals surface area contributed by atoms with Gasteiger partial charge in [0.2, 0.25) is 0 Å². The molecule has 0 unspecified atom stereocenters. The summed E-state index contributed by atoms with van der Waals surface area (Å²) in [4.78, 5) is 12.5. The molecule has 0 aliphatic heterocycles. The van der Waals surface area contributed by atoms with E-state index in [0.29, 0.717) is 5.56 Å². The molecule has 0 aliphatic carbocycles. The Labute approximate surface area is 122 Å². The van der Waals surface area contributed by atoms with Gasteiger partial charge in [0, 0.05) is 16.2 Å². The fraction of sp³-hybridized carbons (Fsp3) is 0.133. The molecule has 0 heterocycles. The van der Waals surface area contributed by atoms with Crippen molar-refractivity contribution in [2.24, 2.45) is 5.84 Å². The van der Waals surface area contributed by atoms with E-state index in [-0.39, 0.29) is 5.91 Å². The van der Waals surface area contributed by atoms with Crippen molar-refractivity contribution in [1.82, 2.24) is 5.43 Å². The van der Waals surface area contributed by atoms with Crippen molar-refractivity contribution in [3.8, 4) is 5.75 Å². The molecule has 2 aromatic rings. The molecule has 3 N–H and O–H groups in total.